The lowest BCUT2D eigenvalue weighted by atomic mass is 10.0. The second-order valence-corrected chi connectivity index (χ2v) is 8.68. The molecule has 26 heavy (non-hydrogen) atoms. The standard InChI is InChI=1S/C18H19N5O2S/c1-11-12(2)22-23-18(11)21-16-5-6-19-17(20-16)8-13-3-4-14-9-26(24,25)10-15(14)7-13/h3-7H,8-10H2,1-2H3,(H2,19,20,21,22,23). The van der Waals surface area contributed by atoms with Crippen molar-refractivity contribution in [3.63, 3.8) is 0 Å². The minimum absolute atomic E-state index is 0.121. The van der Waals surface area contributed by atoms with Crippen molar-refractivity contribution in [3.05, 3.63) is 64.2 Å². The van der Waals surface area contributed by atoms with E-state index in [1.807, 2.05) is 32.0 Å². The summed E-state index contributed by atoms with van der Waals surface area (Å²) in [4.78, 5) is 8.87. The maximum Gasteiger partial charge on any atom is 0.158 e. The molecule has 7 nitrogen and oxygen atoms in total. The number of aromatic amines is 1. The predicted octanol–water partition coefficient (Wildman–Crippen LogP) is 2.58. The number of nitrogens with one attached hydrogen (secondary N) is 2. The number of rotatable bonds is 4. The predicted molar refractivity (Wildman–Crippen MR) is 99.0 cm³/mol. The third-order valence-electron chi connectivity index (χ3n) is 4.59. The first kappa shape index (κ1) is 16.7. The number of anilines is 2. The lowest BCUT2D eigenvalue weighted by Gasteiger charge is -2.07. The zero-order valence-corrected chi connectivity index (χ0v) is 15.4. The summed E-state index contributed by atoms with van der Waals surface area (Å²) in [5, 5.41) is 10.4. The van der Waals surface area contributed by atoms with Gasteiger partial charge >= 0.3 is 0 Å². The van der Waals surface area contributed by atoms with Gasteiger partial charge in [0.05, 0.1) is 11.5 Å². The second-order valence-electron chi connectivity index (χ2n) is 6.62. The Morgan fingerprint density at radius 1 is 1.15 bits per heavy atom. The molecule has 0 radical (unpaired) electrons. The smallest absolute Gasteiger partial charge is 0.158 e. The summed E-state index contributed by atoms with van der Waals surface area (Å²) in [5.74, 6) is 2.35. The summed E-state index contributed by atoms with van der Waals surface area (Å²) in [6.45, 7) is 3.95. The number of sulfone groups is 1. The lowest BCUT2D eigenvalue weighted by molar-refractivity contribution is 0.598. The molecule has 0 amide bonds. The largest absolute Gasteiger partial charge is 0.323 e. The fourth-order valence-corrected chi connectivity index (χ4v) is 4.65. The van der Waals surface area contributed by atoms with Crippen LogP contribution in [0.4, 0.5) is 11.6 Å². The number of H-pyrrole nitrogens is 1. The Morgan fingerprint density at radius 3 is 2.73 bits per heavy atom. The molecular weight excluding hydrogens is 350 g/mol. The highest BCUT2D eigenvalue weighted by Crippen LogP contribution is 2.26. The molecule has 4 rings (SSSR count). The van der Waals surface area contributed by atoms with E-state index in [2.05, 4.69) is 25.5 Å². The molecular formula is C18H19N5O2S. The molecule has 0 saturated carbocycles. The summed E-state index contributed by atoms with van der Waals surface area (Å²) in [6, 6.07) is 7.59. The quantitative estimate of drug-likeness (QED) is 0.733. The van der Waals surface area contributed by atoms with Crippen LogP contribution < -0.4 is 5.32 Å². The van der Waals surface area contributed by atoms with Gasteiger partial charge in [-0.1, -0.05) is 18.2 Å². The first-order valence-corrected chi connectivity index (χ1v) is 10.1. The Balaban J connectivity index is 1.54. The first-order chi connectivity index (χ1) is 12.4. The van der Waals surface area contributed by atoms with E-state index in [0.717, 1.165) is 33.8 Å². The molecule has 0 aliphatic carbocycles. The average molecular weight is 369 g/mol. The molecule has 1 aliphatic rings. The van der Waals surface area contributed by atoms with Crippen molar-refractivity contribution in [1.29, 1.82) is 0 Å². The number of fused-ring (bicyclic) bond motifs is 1. The van der Waals surface area contributed by atoms with E-state index in [1.54, 1.807) is 12.3 Å². The number of aromatic nitrogens is 4. The van der Waals surface area contributed by atoms with Crippen molar-refractivity contribution < 1.29 is 8.42 Å². The van der Waals surface area contributed by atoms with Gasteiger partial charge in [0.25, 0.3) is 0 Å². The number of aryl methyl sites for hydroxylation is 1. The summed E-state index contributed by atoms with van der Waals surface area (Å²) in [6.07, 6.45) is 2.25. The molecule has 8 heteroatoms. The topological polar surface area (TPSA) is 101 Å². The van der Waals surface area contributed by atoms with Crippen LogP contribution in [0, 0.1) is 13.8 Å². The Hall–Kier alpha value is -2.74. The lowest BCUT2D eigenvalue weighted by Crippen LogP contribution is -2.02. The fraction of sp³-hybridized carbons (Fsp3) is 0.278. The molecule has 3 heterocycles. The minimum Gasteiger partial charge on any atom is -0.323 e. The van der Waals surface area contributed by atoms with Gasteiger partial charge in [0, 0.05) is 23.9 Å². The van der Waals surface area contributed by atoms with Crippen LogP contribution in [0.3, 0.4) is 0 Å². The van der Waals surface area contributed by atoms with E-state index in [4.69, 9.17) is 0 Å². The fourth-order valence-electron chi connectivity index (χ4n) is 3.05. The molecule has 0 saturated heterocycles. The monoisotopic (exact) mass is 369 g/mol. The maximum absolute atomic E-state index is 11.8. The van der Waals surface area contributed by atoms with Gasteiger partial charge in [-0.15, -0.1) is 0 Å². The van der Waals surface area contributed by atoms with Crippen LogP contribution >= 0.6 is 0 Å². The zero-order chi connectivity index (χ0) is 18.3. The zero-order valence-electron chi connectivity index (χ0n) is 14.6. The third-order valence-corrected chi connectivity index (χ3v) is 6.09. The van der Waals surface area contributed by atoms with Crippen LogP contribution in [0.2, 0.25) is 0 Å². The van der Waals surface area contributed by atoms with E-state index < -0.39 is 9.84 Å². The first-order valence-electron chi connectivity index (χ1n) is 8.31. The Bertz CT molecular complexity index is 1090. The van der Waals surface area contributed by atoms with E-state index in [0.29, 0.717) is 18.1 Å². The van der Waals surface area contributed by atoms with Crippen LogP contribution in [-0.2, 0) is 27.8 Å². The Labute approximate surface area is 151 Å². The van der Waals surface area contributed by atoms with Crippen molar-refractivity contribution >= 4 is 21.5 Å². The van der Waals surface area contributed by atoms with Crippen LogP contribution in [0.5, 0.6) is 0 Å². The van der Waals surface area contributed by atoms with Crippen LogP contribution in [0.1, 0.15) is 33.8 Å². The normalized spacial score (nSPS) is 15.0. The molecule has 0 unspecified atom stereocenters. The number of nitrogens with zero attached hydrogens (tertiary/aromatic N) is 3. The molecule has 0 bridgehead atoms. The number of hydrogen-bond acceptors (Lipinski definition) is 6. The van der Waals surface area contributed by atoms with E-state index in [1.165, 1.54) is 0 Å². The van der Waals surface area contributed by atoms with Crippen LogP contribution in [-0.4, -0.2) is 28.6 Å². The van der Waals surface area contributed by atoms with Crippen molar-refractivity contribution in [1.82, 2.24) is 20.2 Å². The SMILES string of the molecule is Cc1[nH]nc(Nc2ccnc(Cc3ccc4c(c3)CS(=O)(=O)C4)n2)c1C. The third kappa shape index (κ3) is 3.32. The van der Waals surface area contributed by atoms with Gasteiger partial charge in [-0.3, -0.25) is 5.10 Å². The van der Waals surface area contributed by atoms with Gasteiger partial charge in [-0.2, -0.15) is 5.10 Å². The van der Waals surface area contributed by atoms with E-state index in [-0.39, 0.29) is 11.5 Å². The van der Waals surface area contributed by atoms with Crippen molar-refractivity contribution in [2.24, 2.45) is 0 Å². The molecule has 1 aliphatic heterocycles. The molecule has 2 aromatic heterocycles. The van der Waals surface area contributed by atoms with Gasteiger partial charge in [-0.25, -0.2) is 18.4 Å². The van der Waals surface area contributed by atoms with Crippen molar-refractivity contribution in [2.75, 3.05) is 5.32 Å². The van der Waals surface area contributed by atoms with Crippen molar-refractivity contribution in [2.45, 2.75) is 31.8 Å². The maximum atomic E-state index is 11.8. The summed E-state index contributed by atoms with van der Waals surface area (Å²) < 4.78 is 23.5. The van der Waals surface area contributed by atoms with E-state index >= 15 is 0 Å². The van der Waals surface area contributed by atoms with Crippen molar-refractivity contribution in [3.8, 4) is 0 Å². The van der Waals surface area contributed by atoms with Gasteiger partial charge in [-0.05, 0) is 36.6 Å². The highest BCUT2D eigenvalue weighted by molar-refractivity contribution is 7.90. The highest BCUT2D eigenvalue weighted by atomic mass is 32.2. The van der Waals surface area contributed by atoms with Crippen LogP contribution in [0.25, 0.3) is 0 Å². The van der Waals surface area contributed by atoms with Gasteiger partial charge < -0.3 is 5.32 Å². The molecule has 134 valence electrons. The van der Waals surface area contributed by atoms with Crippen LogP contribution in [0.15, 0.2) is 30.5 Å². The average Bonchev–Trinajstić information content (AvgIpc) is 3.06. The molecule has 0 atom stereocenters. The van der Waals surface area contributed by atoms with Gasteiger partial charge in [0.2, 0.25) is 0 Å². The Kier molecular flexibility index (Phi) is 3.99. The van der Waals surface area contributed by atoms with Gasteiger partial charge in [0.15, 0.2) is 15.7 Å². The molecule has 2 N–H and O–H groups in total. The summed E-state index contributed by atoms with van der Waals surface area (Å²) in [7, 11) is -2.99. The molecule has 0 fully saturated rings. The van der Waals surface area contributed by atoms with E-state index in [9.17, 15) is 8.42 Å². The molecule has 1 aromatic carbocycles. The summed E-state index contributed by atoms with van der Waals surface area (Å²) in [5.41, 5.74) is 4.85. The number of benzene rings is 1. The van der Waals surface area contributed by atoms with Gasteiger partial charge in [0.1, 0.15) is 11.6 Å². The number of hydrogen-bond donors (Lipinski definition) is 2. The summed E-state index contributed by atoms with van der Waals surface area (Å²) >= 11 is 0. The Morgan fingerprint density at radius 2 is 1.96 bits per heavy atom. The molecule has 0 spiro atoms. The molecule has 3 aromatic rings. The minimum atomic E-state index is -2.99. The second kappa shape index (κ2) is 6.21. The highest BCUT2D eigenvalue weighted by Gasteiger charge is 2.24.